The number of benzene rings is 1. The van der Waals surface area contributed by atoms with Gasteiger partial charge in [0.05, 0.1) is 18.7 Å². The Kier molecular flexibility index (Phi) is 3.10. The molecule has 1 aliphatic carbocycles. The molecule has 88 valence electrons. The fraction of sp³-hybridized carbons (Fsp3) is 0.500. The smallest absolute Gasteiger partial charge is 0.137 e. The average Bonchev–Trinajstić information content (AvgIpc) is 3.04. The summed E-state index contributed by atoms with van der Waals surface area (Å²) in [5.41, 5.74) is 6.69. The number of aliphatic hydroxyl groups excluding tert-OH is 1. The van der Waals surface area contributed by atoms with Crippen LogP contribution in [0.15, 0.2) is 18.2 Å². The van der Waals surface area contributed by atoms with Gasteiger partial charge in [-0.15, -0.1) is 0 Å². The number of halogens is 1. The van der Waals surface area contributed by atoms with Crippen molar-refractivity contribution in [3.05, 3.63) is 28.8 Å². The van der Waals surface area contributed by atoms with Crippen LogP contribution in [0.5, 0.6) is 5.75 Å². The van der Waals surface area contributed by atoms with Crippen LogP contribution in [-0.2, 0) is 0 Å². The van der Waals surface area contributed by atoms with E-state index in [9.17, 15) is 5.11 Å². The van der Waals surface area contributed by atoms with Gasteiger partial charge < -0.3 is 15.6 Å². The molecule has 0 amide bonds. The van der Waals surface area contributed by atoms with E-state index < -0.39 is 0 Å². The Labute approximate surface area is 100 Å². The highest BCUT2D eigenvalue weighted by Crippen LogP contribution is 2.58. The third kappa shape index (κ3) is 1.79. The van der Waals surface area contributed by atoms with Gasteiger partial charge in [-0.2, -0.15) is 0 Å². The van der Waals surface area contributed by atoms with Gasteiger partial charge in [0.15, 0.2) is 0 Å². The summed E-state index contributed by atoms with van der Waals surface area (Å²) in [6.45, 7) is 0.648. The molecule has 0 heterocycles. The predicted molar refractivity (Wildman–Crippen MR) is 63.9 cm³/mol. The van der Waals surface area contributed by atoms with E-state index in [0.29, 0.717) is 23.2 Å². The van der Waals surface area contributed by atoms with Gasteiger partial charge in [-0.3, -0.25) is 0 Å². The predicted octanol–water partition coefficient (Wildman–Crippen LogP) is 1.77. The van der Waals surface area contributed by atoms with Crippen molar-refractivity contribution in [2.45, 2.75) is 12.3 Å². The molecule has 3 N–H and O–H groups in total. The lowest BCUT2D eigenvalue weighted by Gasteiger charge is -2.12. The SMILES string of the molecule is COc1ccc(C2CC2(CN)CO)cc1Cl. The third-order valence-electron chi connectivity index (χ3n) is 3.49. The van der Waals surface area contributed by atoms with E-state index in [1.165, 1.54) is 0 Å². The van der Waals surface area contributed by atoms with E-state index in [-0.39, 0.29) is 12.0 Å². The number of nitrogens with two attached hydrogens (primary N) is 1. The average molecular weight is 242 g/mol. The van der Waals surface area contributed by atoms with E-state index in [2.05, 4.69) is 0 Å². The van der Waals surface area contributed by atoms with E-state index in [0.717, 1.165) is 12.0 Å². The van der Waals surface area contributed by atoms with Crippen LogP contribution in [0.1, 0.15) is 17.9 Å². The second-order valence-electron chi connectivity index (χ2n) is 4.38. The van der Waals surface area contributed by atoms with Crippen molar-refractivity contribution in [2.24, 2.45) is 11.1 Å². The van der Waals surface area contributed by atoms with Crippen molar-refractivity contribution >= 4 is 11.6 Å². The van der Waals surface area contributed by atoms with Gasteiger partial charge in [0, 0.05) is 12.0 Å². The molecule has 4 heteroatoms. The molecule has 1 aromatic carbocycles. The van der Waals surface area contributed by atoms with Crippen LogP contribution in [0, 0.1) is 5.41 Å². The van der Waals surface area contributed by atoms with Crippen LogP contribution in [0.25, 0.3) is 0 Å². The molecule has 0 saturated heterocycles. The van der Waals surface area contributed by atoms with Gasteiger partial charge in [-0.05, 0) is 30.0 Å². The monoisotopic (exact) mass is 241 g/mol. The molecular formula is C12H16ClNO2. The topological polar surface area (TPSA) is 55.5 Å². The second kappa shape index (κ2) is 4.24. The molecule has 2 atom stereocenters. The van der Waals surface area contributed by atoms with Crippen LogP contribution >= 0.6 is 11.6 Å². The van der Waals surface area contributed by atoms with Gasteiger partial charge in [0.25, 0.3) is 0 Å². The first-order valence-corrected chi connectivity index (χ1v) is 5.69. The highest BCUT2D eigenvalue weighted by molar-refractivity contribution is 6.32. The molecule has 0 bridgehead atoms. The molecule has 16 heavy (non-hydrogen) atoms. The lowest BCUT2D eigenvalue weighted by Crippen LogP contribution is -2.21. The Bertz CT molecular complexity index is 391. The molecule has 0 aliphatic heterocycles. The largest absolute Gasteiger partial charge is 0.495 e. The maximum Gasteiger partial charge on any atom is 0.137 e. The lowest BCUT2D eigenvalue weighted by molar-refractivity contribution is 0.211. The summed E-state index contributed by atoms with van der Waals surface area (Å²) < 4.78 is 5.10. The molecule has 0 radical (unpaired) electrons. The van der Waals surface area contributed by atoms with Crippen molar-refractivity contribution in [3.8, 4) is 5.75 Å². The fourth-order valence-corrected chi connectivity index (χ4v) is 2.45. The fourth-order valence-electron chi connectivity index (χ4n) is 2.18. The maximum atomic E-state index is 9.32. The number of hydrogen-bond acceptors (Lipinski definition) is 3. The molecule has 1 aromatic rings. The molecular weight excluding hydrogens is 226 g/mol. The minimum absolute atomic E-state index is 0.127. The molecule has 3 nitrogen and oxygen atoms in total. The summed E-state index contributed by atoms with van der Waals surface area (Å²) in [4.78, 5) is 0. The van der Waals surface area contributed by atoms with Crippen molar-refractivity contribution in [1.82, 2.24) is 0 Å². The van der Waals surface area contributed by atoms with Crippen LogP contribution in [0.4, 0.5) is 0 Å². The minimum Gasteiger partial charge on any atom is -0.495 e. The zero-order chi connectivity index (χ0) is 11.8. The Hall–Kier alpha value is -0.770. The van der Waals surface area contributed by atoms with E-state index >= 15 is 0 Å². The maximum absolute atomic E-state index is 9.32. The van der Waals surface area contributed by atoms with Gasteiger partial charge in [0.2, 0.25) is 0 Å². The van der Waals surface area contributed by atoms with Gasteiger partial charge in [0.1, 0.15) is 5.75 Å². The van der Waals surface area contributed by atoms with Gasteiger partial charge >= 0.3 is 0 Å². The Morgan fingerprint density at radius 2 is 2.38 bits per heavy atom. The number of ether oxygens (including phenoxy) is 1. The Morgan fingerprint density at radius 1 is 1.62 bits per heavy atom. The Balaban J connectivity index is 2.21. The molecule has 1 saturated carbocycles. The summed E-state index contributed by atoms with van der Waals surface area (Å²) in [5.74, 6) is 0.999. The number of hydrogen-bond donors (Lipinski definition) is 2. The molecule has 2 rings (SSSR count). The summed E-state index contributed by atoms with van der Waals surface area (Å²) in [7, 11) is 1.59. The van der Waals surface area contributed by atoms with Crippen molar-refractivity contribution in [2.75, 3.05) is 20.3 Å². The van der Waals surface area contributed by atoms with Crippen molar-refractivity contribution in [1.29, 1.82) is 0 Å². The number of methoxy groups -OCH3 is 1. The molecule has 2 unspecified atom stereocenters. The van der Waals surface area contributed by atoms with Crippen molar-refractivity contribution in [3.63, 3.8) is 0 Å². The summed E-state index contributed by atoms with van der Waals surface area (Å²) in [5, 5.41) is 9.93. The quantitative estimate of drug-likeness (QED) is 0.845. The standard InChI is InChI=1S/C12H16ClNO2/c1-16-11-3-2-8(4-10(11)13)9-5-12(9,6-14)7-15/h2-4,9,15H,5-7,14H2,1H3. The van der Waals surface area contributed by atoms with Crippen LogP contribution in [0.3, 0.4) is 0 Å². The highest BCUT2D eigenvalue weighted by Gasteiger charge is 2.53. The van der Waals surface area contributed by atoms with Crippen molar-refractivity contribution < 1.29 is 9.84 Å². The zero-order valence-corrected chi connectivity index (χ0v) is 10.00. The summed E-state index contributed by atoms with van der Waals surface area (Å²) in [6.07, 6.45) is 0.933. The molecule has 1 aliphatic rings. The molecule has 0 aromatic heterocycles. The molecule has 1 fully saturated rings. The normalized spacial score (nSPS) is 27.9. The van der Waals surface area contributed by atoms with Gasteiger partial charge in [-0.1, -0.05) is 17.7 Å². The highest BCUT2D eigenvalue weighted by atomic mass is 35.5. The first-order chi connectivity index (χ1) is 7.66. The number of aliphatic hydroxyl groups is 1. The van der Waals surface area contributed by atoms with E-state index in [1.54, 1.807) is 7.11 Å². The third-order valence-corrected chi connectivity index (χ3v) is 3.78. The Morgan fingerprint density at radius 3 is 2.81 bits per heavy atom. The second-order valence-corrected chi connectivity index (χ2v) is 4.78. The van der Waals surface area contributed by atoms with E-state index in [4.69, 9.17) is 22.1 Å². The first-order valence-electron chi connectivity index (χ1n) is 5.31. The summed E-state index contributed by atoms with van der Waals surface area (Å²) in [6, 6.07) is 5.75. The zero-order valence-electron chi connectivity index (χ0n) is 9.24. The van der Waals surface area contributed by atoms with E-state index in [1.807, 2.05) is 18.2 Å². The van der Waals surface area contributed by atoms with Gasteiger partial charge in [-0.25, -0.2) is 0 Å². The minimum atomic E-state index is -0.127. The van der Waals surface area contributed by atoms with Crippen LogP contribution in [0.2, 0.25) is 5.02 Å². The summed E-state index contributed by atoms with van der Waals surface area (Å²) >= 11 is 6.06. The number of rotatable bonds is 4. The molecule has 0 spiro atoms. The van der Waals surface area contributed by atoms with Crippen LogP contribution in [-0.4, -0.2) is 25.4 Å². The first kappa shape index (κ1) is 11.7. The van der Waals surface area contributed by atoms with Crippen LogP contribution < -0.4 is 10.5 Å². The lowest BCUT2D eigenvalue weighted by atomic mass is 10.00.